The van der Waals surface area contributed by atoms with E-state index in [1.807, 2.05) is 0 Å². The molecular weight excluding hydrogens is 837 g/mol. The fraction of sp³-hybridized carbons (Fsp3) is 0.333. The first kappa shape index (κ1) is 47.9. The van der Waals surface area contributed by atoms with Gasteiger partial charge in [-0.05, 0) is 12.8 Å². The first-order chi connectivity index (χ1) is 27.1. The maximum Gasteiger partial charge on any atom is 0.200 e. The van der Waals surface area contributed by atoms with E-state index in [1.54, 1.807) is 0 Å². The lowest BCUT2D eigenvalue weighted by atomic mass is 9.12. The predicted octanol–water partition coefficient (Wildman–Crippen LogP) is 9.00. The first-order valence-electron chi connectivity index (χ1n) is 17.1. The largest absolute Gasteiger partial charge is 0.358 e. The molecule has 4 aromatic rings. The SMILES string of the molecule is CCCCCCCCCCCC[NH3+].Fc1c(F)c(F)c([B-](c2c(F)c(F)c(F)c(F)c2F)(c2c(F)c(F)c(F)c(F)c2F)c2c(F)c(F)c(F)c(F)c2F)c(F)c1F. The second-order valence-corrected chi connectivity index (χ2v) is 12.8. The number of hydrogen-bond acceptors (Lipinski definition) is 0. The lowest BCUT2D eigenvalue weighted by molar-refractivity contribution is -0.368. The van der Waals surface area contributed by atoms with Gasteiger partial charge in [-0.3, -0.25) is 0 Å². The minimum atomic E-state index is -7.22. The molecule has 4 aromatic carbocycles. The van der Waals surface area contributed by atoms with Crippen LogP contribution in [0.4, 0.5) is 87.8 Å². The second kappa shape index (κ2) is 19.5. The fourth-order valence-corrected chi connectivity index (χ4v) is 6.54. The van der Waals surface area contributed by atoms with E-state index in [0.29, 0.717) is 0 Å². The molecule has 58 heavy (non-hydrogen) atoms. The average molecular weight is 865 g/mol. The lowest BCUT2D eigenvalue weighted by Crippen LogP contribution is -2.81. The Morgan fingerprint density at radius 1 is 0.259 bits per heavy atom. The van der Waals surface area contributed by atoms with Crippen molar-refractivity contribution in [3.8, 4) is 0 Å². The van der Waals surface area contributed by atoms with Crippen LogP contribution in [-0.4, -0.2) is 12.7 Å². The molecule has 0 radical (unpaired) electrons. The highest BCUT2D eigenvalue weighted by Gasteiger charge is 2.52. The highest BCUT2D eigenvalue weighted by molar-refractivity contribution is 7.20. The van der Waals surface area contributed by atoms with Crippen LogP contribution in [0.1, 0.15) is 71.1 Å². The van der Waals surface area contributed by atoms with Gasteiger partial charge in [-0.15, -0.1) is 21.9 Å². The Morgan fingerprint density at radius 3 is 0.586 bits per heavy atom. The zero-order chi connectivity index (χ0) is 44.1. The Bertz CT molecular complexity index is 1770. The van der Waals surface area contributed by atoms with Crippen molar-refractivity contribution >= 4 is 28.0 Å². The van der Waals surface area contributed by atoms with Crippen LogP contribution in [0.15, 0.2) is 0 Å². The van der Waals surface area contributed by atoms with Crippen LogP contribution in [0, 0.1) is 116 Å². The molecule has 0 aliphatic carbocycles. The monoisotopic (exact) mass is 865 g/mol. The summed E-state index contributed by atoms with van der Waals surface area (Å²) < 4.78 is 294. The minimum absolute atomic E-state index is 1.12. The highest BCUT2D eigenvalue weighted by atomic mass is 19.2. The van der Waals surface area contributed by atoms with E-state index in [1.165, 1.54) is 64.2 Å². The van der Waals surface area contributed by atoms with Gasteiger partial charge in [0.05, 0.1) is 6.54 Å². The Labute approximate surface area is 315 Å². The number of unbranched alkanes of at least 4 members (excludes halogenated alkanes) is 9. The summed E-state index contributed by atoms with van der Waals surface area (Å²) in [6, 6.07) is 0. The summed E-state index contributed by atoms with van der Waals surface area (Å²) in [5.74, 6) is -71.4. The molecule has 320 valence electrons. The average Bonchev–Trinajstić information content (AvgIpc) is 3.20. The molecule has 0 atom stereocenters. The van der Waals surface area contributed by atoms with Crippen molar-refractivity contribution in [3.63, 3.8) is 0 Å². The lowest BCUT2D eigenvalue weighted by Gasteiger charge is -2.44. The van der Waals surface area contributed by atoms with Crippen molar-refractivity contribution < 1.29 is 93.5 Å². The molecule has 0 fully saturated rings. The number of hydrogen-bond donors (Lipinski definition) is 1. The molecule has 0 aromatic heterocycles. The standard InChI is InChI=1S/C24BF20.C12H27N/c26-5-1(6(27)14(35)21(42)13(5)34)25(2-7(28)15(36)22(43)16(37)8(2)29,3-9(30)17(38)23(44)18(39)10(3)31)4-11(32)19(40)24(45)20(41)12(4)33;1-2-3-4-5-6-7-8-9-10-11-12-13/h;2-13H2,1H3/q-1;/p+1. The van der Waals surface area contributed by atoms with Crippen LogP contribution in [0.25, 0.3) is 0 Å². The molecule has 1 nitrogen and oxygen atoms in total. The van der Waals surface area contributed by atoms with E-state index < -0.39 is 144 Å². The zero-order valence-electron chi connectivity index (χ0n) is 29.6. The van der Waals surface area contributed by atoms with Crippen LogP contribution in [0.3, 0.4) is 0 Å². The summed E-state index contributed by atoms with van der Waals surface area (Å²) in [7, 11) is 0. The summed E-state index contributed by atoms with van der Waals surface area (Å²) >= 11 is 0. The van der Waals surface area contributed by atoms with Crippen LogP contribution in [0.2, 0.25) is 0 Å². The molecule has 0 aliphatic heterocycles. The molecule has 0 saturated heterocycles. The van der Waals surface area contributed by atoms with Gasteiger partial charge in [0.15, 0.2) is 69.8 Å². The quantitative estimate of drug-likeness (QED) is 0.0432. The summed E-state index contributed by atoms with van der Waals surface area (Å²) in [5, 5.41) is 0. The van der Waals surface area contributed by atoms with E-state index in [4.69, 9.17) is 0 Å². The summed E-state index contributed by atoms with van der Waals surface area (Å²) in [6.45, 7) is 3.40. The fourth-order valence-electron chi connectivity index (χ4n) is 6.54. The number of benzene rings is 4. The number of rotatable bonds is 14. The minimum Gasteiger partial charge on any atom is -0.358 e. The molecule has 0 aliphatic rings. The summed E-state index contributed by atoms with van der Waals surface area (Å²) in [4.78, 5) is 0. The molecule has 3 N–H and O–H groups in total. The van der Waals surface area contributed by atoms with Gasteiger partial charge >= 0.3 is 0 Å². The van der Waals surface area contributed by atoms with Crippen molar-refractivity contribution in [1.29, 1.82) is 0 Å². The molecule has 0 bridgehead atoms. The Morgan fingerprint density at radius 2 is 0.414 bits per heavy atom. The van der Waals surface area contributed by atoms with Crippen molar-refractivity contribution in [3.05, 3.63) is 116 Å². The van der Waals surface area contributed by atoms with Gasteiger partial charge in [0.25, 0.3) is 0 Å². The van der Waals surface area contributed by atoms with E-state index in [-0.39, 0.29) is 0 Å². The van der Waals surface area contributed by atoms with Crippen molar-refractivity contribution in [2.75, 3.05) is 6.54 Å². The number of halogens is 20. The topological polar surface area (TPSA) is 27.6 Å². The van der Waals surface area contributed by atoms with Crippen LogP contribution in [0.5, 0.6) is 0 Å². The summed E-state index contributed by atoms with van der Waals surface area (Å²) in [6.07, 6.45) is 7.03. The molecule has 0 amide bonds. The third-order valence-electron chi connectivity index (χ3n) is 9.31. The number of quaternary nitrogens is 1. The molecule has 0 unspecified atom stereocenters. The smallest absolute Gasteiger partial charge is 0.200 e. The van der Waals surface area contributed by atoms with Gasteiger partial charge < -0.3 is 5.73 Å². The maximum absolute atomic E-state index is 15.4. The van der Waals surface area contributed by atoms with E-state index >= 15 is 35.1 Å². The van der Waals surface area contributed by atoms with Crippen molar-refractivity contribution in [2.45, 2.75) is 71.1 Å². The van der Waals surface area contributed by atoms with Gasteiger partial charge in [-0.25, -0.2) is 87.8 Å². The molecule has 22 heteroatoms. The first-order valence-corrected chi connectivity index (χ1v) is 17.1. The highest BCUT2D eigenvalue weighted by Crippen LogP contribution is 2.30. The van der Waals surface area contributed by atoms with Crippen LogP contribution >= 0.6 is 0 Å². The van der Waals surface area contributed by atoms with Crippen LogP contribution < -0.4 is 27.6 Å². The normalized spacial score (nSPS) is 11.7. The molecule has 0 spiro atoms. The third-order valence-corrected chi connectivity index (χ3v) is 9.31. The molecule has 0 saturated carbocycles. The summed E-state index contributed by atoms with van der Waals surface area (Å²) in [5.41, 5.74) is -10.5. The van der Waals surface area contributed by atoms with Crippen LogP contribution in [-0.2, 0) is 0 Å². The maximum atomic E-state index is 15.4. The Kier molecular flexibility index (Phi) is 16.1. The molecule has 4 rings (SSSR count). The van der Waals surface area contributed by atoms with Gasteiger partial charge in [0, 0.05) is 0 Å². The van der Waals surface area contributed by atoms with Crippen molar-refractivity contribution in [2.24, 2.45) is 0 Å². The third kappa shape index (κ3) is 8.34. The van der Waals surface area contributed by atoms with E-state index in [9.17, 15) is 52.7 Å². The molecular formula is C36H28BF20N. The van der Waals surface area contributed by atoms with Gasteiger partial charge in [0.1, 0.15) is 52.7 Å². The van der Waals surface area contributed by atoms with E-state index in [2.05, 4.69) is 12.7 Å². The molecule has 0 heterocycles. The predicted molar refractivity (Wildman–Crippen MR) is 169 cm³/mol. The Balaban J connectivity index is 0.000000594. The van der Waals surface area contributed by atoms with Gasteiger partial charge in [0.2, 0.25) is 0 Å². The second-order valence-electron chi connectivity index (χ2n) is 12.8. The Hall–Kier alpha value is -4.50. The van der Waals surface area contributed by atoms with Gasteiger partial charge in [-0.1, -0.05) is 58.3 Å². The zero-order valence-corrected chi connectivity index (χ0v) is 29.6. The van der Waals surface area contributed by atoms with Gasteiger partial charge in [-0.2, -0.15) is 0 Å². The van der Waals surface area contributed by atoms with Crippen molar-refractivity contribution in [1.82, 2.24) is 0 Å². The van der Waals surface area contributed by atoms with E-state index in [0.717, 1.165) is 6.54 Å².